The summed E-state index contributed by atoms with van der Waals surface area (Å²) in [5, 5.41) is 8.38. The first kappa shape index (κ1) is 18.1. The largest absolute Gasteiger partial charge is 0.376 e. The highest BCUT2D eigenvalue weighted by atomic mass is 16.5. The molecule has 1 aromatic rings. The molecule has 0 N–H and O–H groups in total. The first-order valence-corrected chi connectivity index (χ1v) is 9.21. The van der Waals surface area contributed by atoms with E-state index in [0.29, 0.717) is 13.2 Å². The van der Waals surface area contributed by atoms with Crippen LogP contribution < -0.4 is 4.90 Å². The summed E-state index contributed by atoms with van der Waals surface area (Å²) >= 11 is 0. The topological polar surface area (TPSA) is 67.8 Å². The molecule has 1 aromatic heterocycles. The molecule has 0 aliphatic carbocycles. The second kappa shape index (κ2) is 8.58. The van der Waals surface area contributed by atoms with Crippen molar-refractivity contribution in [3.63, 3.8) is 0 Å². The van der Waals surface area contributed by atoms with Crippen molar-refractivity contribution in [2.45, 2.75) is 45.3 Å². The third kappa shape index (κ3) is 4.89. The van der Waals surface area contributed by atoms with Gasteiger partial charge in [-0.1, -0.05) is 0 Å². The maximum Gasteiger partial charge on any atom is 0.251 e. The Labute approximate surface area is 149 Å². The summed E-state index contributed by atoms with van der Waals surface area (Å²) in [6.07, 6.45) is 2.75. The van der Waals surface area contributed by atoms with E-state index in [1.165, 1.54) is 0 Å². The van der Waals surface area contributed by atoms with Gasteiger partial charge in [0.05, 0.1) is 18.4 Å². The fourth-order valence-electron chi connectivity index (χ4n) is 3.28. The molecule has 2 aliphatic heterocycles. The molecule has 138 valence electrons. The SMILES string of the molecule is Cc1ccc(N2CCCN(C(=O)[C@@H](C)OC[C@H]3CCCO3)CC2)nn1. The molecule has 1 amide bonds. The van der Waals surface area contributed by atoms with Crippen LogP contribution in [0.2, 0.25) is 0 Å². The minimum atomic E-state index is -0.421. The Kier molecular flexibility index (Phi) is 6.20. The third-order valence-electron chi connectivity index (χ3n) is 4.82. The third-order valence-corrected chi connectivity index (χ3v) is 4.82. The Morgan fingerprint density at radius 3 is 2.88 bits per heavy atom. The van der Waals surface area contributed by atoms with Crippen LogP contribution in [-0.2, 0) is 14.3 Å². The van der Waals surface area contributed by atoms with E-state index in [0.717, 1.165) is 57.0 Å². The molecule has 2 aliphatic rings. The molecular formula is C18H28N4O3. The van der Waals surface area contributed by atoms with Crippen molar-refractivity contribution in [1.82, 2.24) is 15.1 Å². The van der Waals surface area contributed by atoms with Crippen LogP contribution in [0, 0.1) is 6.92 Å². The lowest BCUT2D eigenvalue weighted by molar-refractivity contribution is -0.144. The van der Waals surface area contributed by atoms with Gasteiger partial charge in [-0.3, -0.25) is 4.79 Å². The molecule has 25 heavy (non-hydrogen) atoms. The van der Waals surface area contributed by atoms with Gasteiger partial charge >= 0.3 is 0 Å². The Hall–Kier alpha value is -1.73. The first-order valence-electron chi connectivity index (χ1n) is 9.21. The van der Waals surface area contributed by atoms with Gasteiger partial charge in [0, 0.05) is 32.8 Å². The van der Waals surface area contributed by atoms with Crippen LogP contribution in [0.3, 0.4) is 0 Å². The highest BCUT2D eigenvalue weighted by Crippen LogP contribution is 2.15. The van der Waals surface area contributed by atoms with Gasteiger partial charge in [-0.2, -0.15) is 5.10 Å². The maximum atomic E-state index is 12.7. The second-order valence-electron chi connectivity index (χ2n) is 6.81. The van der Waals surface area contributed by atoms with Crippen LogP contribution in [0.25, 0.3) is 0 Å². The van der Waals surface area contributed by atoms with E-state index in [4.69, 9.17) is 9.47 Å². The zero-order valence-corrected chi connectivity index (χ0v) is 15.2. The molecule has 0 spiro atoms. The van der Waals surface area contributed by atoms with E-state index >= 15 is 0 Å². The second-order valence-corrected chi connectivity index (χ2v) is 6.81. The number of ether oxygens (including phenoxy) is 2. The van der Waals surface area contributed by atoms with Crippen molar-refractivity contribution in [2.24, 2.45) is 0 Å². The van der Waals surface area contributed by atoms with Gasteiger partial charge in [-0.05, 0) is 45.2 Å². The van der Waals surface area contributed by atoms with E-state index in [2.05, 4.69) is 15.1 Å². The molecule has 0 unspecified atom stereocenters. The Balaban J connectivity index is 1.49. The minimum absolute atomic E-state index is 0.0647. The summed E-state index contributed by atoms with van der Waals surface area (Å²) < 4.78 is 11.3. The number of aryl methyl sites for hydroxylation is 1. The van der Waals surface area contributed by atoms with Crippen molar-refractivity contribution in [1.29, 1.82) is 0 Å². The molecule has 2 fully saturated rings. The Morgan fingerprint density at radius 1 is 1.28 bits per heavy atom. The molecule has 2 saturated heterocycles. The summed E-state index contributed by atoms with van der Waals surface area (Å²) in [5.74, 6) is 0.942. The van der Waals surface area contributed by atoms with Gasteiger partial charge in [0.2, 0.25) is 0 Å². The average Bonchev–Trinajstić information content (AvgIpc) is 3.03. The maximum absolute atomic E-state index is 12.7. The van der Waals surface area contributed by atoms with Gasteiger partial charge < -0.3 is 19.3 Å². The number of carbonyl (C=O) groups is 1. The van der Waals surface area contributed by atoms with E-state index in [1.807, 2.05) is 30.9 Å². The molecule has 3 rings (SSSR count). The fourth-order valence-corrected chi connectivity index (χ4v) is 3.28. The van der Waals surface area contributed by atoms with Crippen molar-refractivity contribution in [3.8, 4) is 0 Å². The summed E-state index contributed by atoms with van der Waals surface area (Å²) in [5.41, 5.74) is 0.910. The van der Waals surface area contributed by atoms with E-state index in [-0.39, 0.29) is 12.0 Å². The zero-order chi connectivity index (χ0) is 17.6. The van der Waals surface area contributed by atoms with Crippen LogP contribution in [0.5, 0.6) is 0 Å². The highest BCUT2D eigenvalue weighted by Gasteiger charge is 2.26. The zero-order valence-electron chi connectivity index (χ0n) is 15.2. The van der Waals surface area contributed by atoms with E-state index in [1.54, 1.807) is 0 Å². The van der Waals surface area contributed by atoms with Crippen LogP contribution in [0.4, 0.5) is 5.82 Å². The fraction of sp³-hybridized carbons (Fsp3) is 0.722. The van der Waals surface area contributed by atoms with Crippen molar-refractivity contribution in [2.75, 3.05) is 44.3 Å². The van der Waals surface area contributed by atoms with Crippen LogP contribution in [-0.4, -0.2) is 72.6 Å². The van der Waals surface area contributed by atoms with Gasteiger partial charge in [0.25, 0.3) is 5.91 Å². The summed E-state index contributed by atoms with van der Waals surface area (Å²) in [6, 6.07) is 3.96. The number of hydrogen-bond donors (Lipinski definition) is 0. The summed E-state index contributed by atoms with van der Waals surface area (Å²) in [7, 11) is 0. The Morgan fingerprint density at radius 2 is 2.16 bits per heavy atom. The van der Waals surface area contributed by atoms with Gasteiger partial charge in [-0.25, -0.2) is 0 Å². The van der Waals surface area contributed by atoms with Crippen molar-refractivity contribution >= 4 is 11.7 Å². The van der Waals surface area contributed by atoms with Crippen molar-refractivity contribution in [3.05, 3.63) is 17.8 Å². The van der Waals surface area contributed by atoms with Crippen LogP contribution in [0.1, 0.15) is 31.9 Å². The van der Waals surface area contributed by atoms with Crippen molar-refractivity contribution < 1.29 is 14.3 Å². The number of amides is 1. The van der Waals surface area contributed by atoms with Crippen LogP contribution in [0.15, 0.2) is 12.1 Å². The van der Waals surface area contributed by atoms with E-state index in [9.17, 15) is 4.79 Å². The molecule has 7 nitrogen and oxygen atoms in total. The molecule has 0 radical (unpaired) electrons. The quantitative estimate of drug-likeness (QED) is 0.801. The molecule has 0 bridgehead atoms. The predicted molar refractivity (Wildman–Crippen MR) is 94.6 cm³/mol. The van der Waals surface area contributed by atoms with Gasteiger partial charge in [-0.15, -0.1) is 5.10 Å². The number of aromatic nitrogens is 2. The molecular weight excluding hydrogens is 320 g/mol. The number of nitrogens with zero attached hydrogens (tertiary/aromatic N) is 4. The normalized spacial score (nSPS) is 22.7. The van der Waals surface area contributed by atoms with E-state index < -0.39 is 6.10 Å². The smallest absolute Gasteiger partial charge is 0.251 e. The lowest BCUT2D eigenvalue weighted by atomic mass is 10.2. The number of carbonyl (C=O) groups excluding carboxylic acids is 1. The summed E-state index contributed by atoms with van der Waals surface area (Å²) in [4.78, 5) is 16.8. The molecule has 0 aromatic carbocycles. The molecule has 3 heterocycles. The lowest BCUT2D eigenvalue weighted by Crippen LogP contribution is -2.42. The summed E-state index contributed by atoms with van der Waals surface area (Å²) in [6.45, 7) is 8.16. The van der Waals surface area contributed by atoms with Crippen LogP contribution >= 0.6 is 0 Å². The minimum Gasteiger partial charge on any atom is -0.376 e. The first-order chi connectivity index (χ1) is 12.1. The Bertz CT molecular complexity index is 560. The predicted octanol–water partition coefficient (Wildman–Crippen LogP) is 1.41. The lowest BCUT2D eigenvalue weighted by Gasteiger charge is -2.25. The highest BCUT2D eigenvalue weighted by molar-refractivity contribution is 5.80. The number of hydrogen-bond acceptors (Lipinski definition) is 6. The molecule has 2 atom stereocenters. The standard InChI is InChI=1S/C18H28N4O3/c1-14-6-7-17(20-19-14)21-8-4-9-22(11-10-21)18(23)15(2)25-13-16-5-3-12-24-16/h6-7,15-16H,3-5,8-13H2,1-2H3/t15-,16-/m1/s1. The van der Waals surface area contributed by atoms with Gasteiger partial charge in [0.15, 0.2) is 5.82 Å². The molecule has 7 heteroatoms. The average molecular weight is 348 g/mol. The van der Waals surface area contributed by atoms with Gasteiger partial charge in [0.1, 0.15) is 6.10 Å². The molecule has 0 saturated carbocycles. The number of anilines is 1. The monoisotopic (exact) mass is 348 g/mol. The number of rotatable bonds is 5.